The second-order valence-corrected chi connectivity index (χ2v) is 5.30. The van der Waals surface area contributed by atoms with Crippen molar-refractivity contribution in [3.05, 3.63) is 40.1 Å². The normalized spacial score (nSPS) is 10.3. The lowest BCUT2D eigenvalue weighted by molar-refractivity contribution is 0.363. The van der Waals surface area contributed by atoms with E-state index >= 15 is 0 Å². The van der Waals surface area contributed by atoms with Crippen LogP contribution in [0.1, 0.15) is 18.1 Å². The minimum absolute atomic E-state index is 0.518. The molecular weight excluding hydrogens is 334 g/mol. The number of anilines is 1. The topological polar surface area (TPSA) is 56.3 Å². The maximum absolute atomic E-state index is 5.27. The highest BCUT2D eigenvalue weighted by molar-refractivity contribution is 9.10. The highest BCUT2D eigenvalue weighted by Crippen LogP contribution is 2.26. The fourth-order valence-electron chi connectivity index (χ4n) is 2.09. The van der Waals surface area contributed by atoms with Crippen molar-refractivity contribution in [3.63, 3.8) is 0 Å². The zero-order valence-electron chi connectivity index (χ0n) is 12.3. The van der Waals surface area contributed by atoms with Crippen molar-refractivity contribution in [3.8, 4) is 11.8 Å². The van der Waals surface area contributed by atoms with Crippen LogP contribution >= 0.6 is 15.9 Å². The Labute approximate surface area is 132 Å². The van der Waals surface area contributed by atoms with Crippen LogP contribution in [0, 0.1) is 0 Å². The molecule has 0 unspecified atom stereocenters. The van der Waals surface area contributed by atoms with E-state index in [0.29, 0.717) is 18.3 Å². The van der Waals surface area contributed by atoms with E-state index in [2.05, 4.69) is 44.2 Å². The monoisotopic (exact) mass is 351 g/mol. The molecule has 0 bridgehead atoms. The molecule has 6 heteroatoms. The van der Waals surface area contributed by atoms with E-state index in [0.717, 1.165) is 22.1 Å². The number of halogens is 1. The largest absolute Gasteiger partial charge is 0.481 e. The summed E-state index contributed by atoms with van der Waals surface area (Å²) < 4.78 is 11.6. The van der Waals surface area contributed by atoms with E-state index in [4.69, 9.17) is 9.47 Å². The molecule has 21 heavy (non-hydrogen) atoms. The van der Waals surface area contributed by atoms with Crippen molar-refractivity contribution in [1.29, 1.82) is 0 Å². The molecule has 0 saturated carbocycles. The molecule has 1 heterocycles. The molecule has 112 valence electrons. The number of ether oxygens (including phenoxy) is 2. The van der Waals surface area contributed by atoms with Crippen molar-refractivity contribution in [2.75, 3.05) is 19.5 Å². The van der Waals surface area contributed by atoms with E-state index in [-0.39, 0.29) is 0 Å². The van der Waals surface area contributed by atoms with Crippen LogP contribution in [0.5, 0.6) is 11.8 Å². The maximum Gasteiger partial charge on any atom is 0.225 e. The van der Waals surface area contributed by atoms with Gasteiger partial charge < -0.3 is 14.8 Å². The van der Waals surface area contributed by atoms with Gasteiger partial charge >= 0.3 is 0 Å². The van der Waals surface area contributed by atoms with Crippen LogP contribution in [0.3, 0.4) is 0 Å². The van der Waals surface area contributed by atoms with Gasteiger partial charge in [0.2, 0.25) is 11.8 Å². The van der Waals surface area contributed by atoms with Gasteiger partial charge in [-0.25, -0.2) is 9.97 Å². The Balaban J connectivity index is 2.24. The maximum atomic E-state index is 5.27. The predicted octanol–water partition coefficient (Wildman–Crippen LogP) is 3.43. The number of nitrogens with one attached hydrogen (secondary N) is 1. The van der Waals surface area contributed by atoms with Gasteiger partial charge in [-0.05, 0) is 30.2 Å². The number of aromatic nitrogens is 2. The predicted molar refractivity (Wildman–Crippen MR) is 86.0 cm³/mol. The van der Waals surface area contributed by atoms with Gasteiger partial charge in [-0.3, -0.25) is 0 Å². The number of hydrogen-bond acceptors (Lipinski definition) is 5. The molecule has 1 N–H and O–H groups in total. The third-order valence-corrected chi connectivity index (χ3v) is 3.65. The third-order valence-electron chi connectivity index (χ3n) is 3.16. The highest BCUT2D eigenvalue weighted by Gasteiger charge is 2.13. The molecule has 0 saturated heterocycles. The number of methoxy groups -OCH3 is 2. The molecule has 1 aromatic carbocycles. The molecule has 0 atom stereocenters. The van der Waals surface area contributed by atoms with E-state index in [1.54, 1.807) is 14.2 Å². The minimum Gasteiger partial charge on any atom is -0.481 e. The van der Waals surface area contributed by atoms with Crippen LogP contribution in [0.25, 0.3) is 0 Å². The Morgan fingerprint density at radius 3 is 2.38 bits per heavy atom. The standard InChI is InChI=1S/C15H18BrN3O2/c1-4-10-7-11(16)5-6-13(10)17-8-12-14(20-2)18-9-19-15(12)21-3/h5-7,9,17H,4,8H2,1-3H3. The van der Waals surface area contributed by atoms with Crippen molar-refractivity contribution >= 4 is 21.6 Å². The van der Waals surface area contributed by atoms with E-state index in [9.17, 15) is 0 Å². The Morgan fingerprint density at radius 1 is 1.14 bits per heavy atom. The molecule has 2 aromatic rings. The van der Waals surface area contributed by atoms with Gasteiger partial charge in [0.15, 0.2) is 0 Å². The van der Waals surface area contributed by atoms with Crippen molar-refractivity contribution in [1.82, 2.24) is 9.97 Å². The summed E-state index contributed by atoms with van der Waals surface area (Å²) in [7, 11) is 3.17. The van der Waals surface area contributed by atoms with Gasteiger partial charge in [-0.15, -0.1) is 0 Å². The van der Waals surface area contributed by atoms with Gasteiger partial charge in [-0.1, -0.05) is 22.9 Å². The lowest BCUT2D eigenvalue weighted by Crippen LogP contribution is -2.07. The molecule has 0 radical (unpaired) electrons. The highest BCUT2D eigenvalue weighted by atomic mass is 79.9. The van der Waals surface area contributed by atoms with E-state index < -0.39 is 0 Å². The Bertz CT molecular complexity index is 598. The number of rotatable bonds is 6. The smallest absolute Gasteiger partial charge is 0.225 e. The second kappa shape index (κ2) is 7.26. The summed E-state index contributed by atoms with van der Waals surface area (Å²) >= 11 is 3.49. The first-order valence-corrected chi connectivity index (χ1v) is 7.43. The summed E-state index contributed by atoms with van der Waals surface area (Å²) in [6, 6.07) is 6.17. The fraction of sp³-hybridized carbons (Fsp3) is 0.333. The van der Waals surface area contributed by atoms with Gasteiger partial charge in [0, 0.05) is 10.2 Å². The summed E-state index contributed by atoms with van der Waals surface area (Å²) in [6.45, 7) is 2.65. The Kier molecular flexibility index (Phi) is 5.38. The number of hydrogen-bond donors (Lipinski definition) is 1. The average molecular weight is 352 g/mol. The second-order valence-electron chi connectivity index (χ2n) is 4.38. The van der Waals surface area contributed by atoms with E-state index in [1.165, 1.54) is 11.9 Å². The number of aryl methyl sites for hydroxylation is 1. The van der Waals surface area contributed by atoms with Crippen molar-refractivity contribution in [2.24, 2.45) is 0 Å². The van der Waals surface area contributed by atoms with Crippen LogP contribution in [0.2, 0.25) is 0 Å². The third kappa shape index (κ3) is 3.64. The molecule has 0 amide bonds. The Hall–Kier alpha value is -1.82. The lowest BCUT2D eigenvalue weighted by Gasteiger charge is -2.14. The molecule has 0 spiro atoms. The van der Waals surface area contributed by atoms with Gasteiger partial charge in [0.05, 0.1) is 26.3 Å². The van der Waals surface area contributed by atoms with Gasteiger partial charge in [-0.2, -0.15) is 0 Å². The SMILES string of the molecule is CCc1cc(Br)ccc1NCc1c(OC)ncnc1OC. The van der Waals surface area contributed by atoms with Crippen LogP contribution in [0.4, 0.5) is 5.69 Å². The molecule has 0 aliphatic rings. The van der Waals surface area contributed by atoms with Crippen LogP contribution in [-0.2, 0) is 13.0 Å². The van der Waals surface area contributed by atoms with Crippen LogP contribution in [0.15, 0.2) is 29.0 Å². The van der Waals surface area contributed by atoms with Crippen molar-refractivity contribution < 1.29 is 9.47 Å². The molecular formula is C15H18BrN3O2. The Morgan fingerprint density at radius 2 is 1.81 bits per heavy atom. The summed E-state index contributed by atoms with van der Waals surface area (Å²) in [5.41, 5.74) is 3.11. The molecule has 0 aliphatic carbocycles. The molecule has 1 aromatic heterocycles. The van der Waals surface area contributed by atoms with Crippen LogP contribution < -0.4 is 14.8 Å². The summed E-state index contributed by atoms with van der Waals surface area (Å²) in [5.74, 6) is 1.04. The number of benzene rings is 1. The summed E-state index contributed by atoms with van der Waals surface area (Å²) in [4.78, 5) is 8.23. The quantitative estimate of drug-likeness (QED) is 0.863. The summed E-state index contributed by atoms with van der Waals surface area (Å²) in [6.07, 6.45) is 2.37. The first-order chi connectivity index (χ1) is 10.2. The molecule has 2 rings (SSSR count). The zero-order valence-corrected chi connectivity index (χ0v) is 13.9. The summed E-state index contributed by atoms with van der Waals surface area (Å²) in [5, 5.41) is 3.40. The van der Waals surface area contributed by atoms with E-state index in [1.807, 2.05) is 12.1 Å². The fourth-order valence-corrected chi connectivity index (χ4v) is 2.50. The minimum atomic E-state index is 0.518. The molecule has 5 nitrogen and oxygen atoms in total. The first-order valence-electron chi connectivity index (χ1n) is 6.63. The average Bonchev–Trinajstić information content (AvgIpc) is 2.53. The van der Waals surface area contributed by atoms with Gasteiger partial charge in [0.25, 0.3) is 0 Å². The van der Waals surface area contributed by atoms with Crippen molar-refractivity contribution in [2.45, 2.75) is 19.9 Å². The lowest BCUT2D eigenvalue weighted by atomic mass is 10.1. The number of nitrogens with zero attached hydrogens (tertiary/aromatic N) is 2. The van der Waals surface area contributed by atoms with Gasteiger partial charge in [0.1, 0.15) is 6.33 Å². The molecule has 0 fully saturated rings. The zero-order chi connectivity index (χ0) is 15.2. The molecule has 0 aliphatic heterocycles. The first kappa shape index (κ1) is 15.6. The van der Waals surface area contributed by atoms with Crippen LogP contribution in [-0.4, -0.2) is 24.2 Å².